The van der Waals surface area contributed by atoms with Crippen LogP contribution in [-0.4, -0.2) is 49.1 Å². The van der Waals surface area contributed by atoms with Gasteiger partial charge in [0.1, 0.15) is 17.7 Å². The fourth-order valence-corrected chi connectivity index (χ4v) is 5.55. The van der Waals surface area contributed by atoms with Crippen LogP contribution in [0.2, 0.25) is 0 Å². The number of nitrogens with one attached hydrogen (secondary N) is 2. The molecule has 3 aromatic rings. The molecule has 0 spiro atoms. The van der Waals surface area contributed by atoms with Crippen LogP contribution in [-0.2, 0) is 27.2 Å². The van der Waals surface area contributed by atoms with Gasteiger partial charge in [0.05, 0.1) is 13.2 Å². The molecule has 9 nitrogen and oxygen atoms in total. The van der Waals surface area contributed by atoms with Crippen LogP contribution in [0, 0.1) is 5.82 Å². The van der Waals surface area contributed by atoms with Gasteiger partial charge in [-0.25, -0.2) is 14.0 Å². The quantitative estimate of drug-likeness (QED) is 0.164. The molecule has 3 amide bonds. The number of ether oxygens (including phenoxy) is 4. The highest BCUT2D eigenvalue weighted by Crippen LogP contribution is 2.35. The second kappa shape index (κ2) is 15.9. The minimum absolute atomic E-state index is 0.255. The zero-order valence-corrected chi connectivity index (χ0v) is 26.7. The van der Waals surface area contributed by atoms with E-state index in [-0.39, 0.29) is 24.0 Å². The van der Waals surface area contributed by atoms with Crippen molar-refractivity contribution in [3.05, 3.63) is 89.2 Å². The molecule has 2 N–H and O–H groups in total. The number of urea groups is 1. The lowest BCUT2D eigenvalue weighted by atomic mass is 10.0. The molecule has 5 rings (SSSR count). The summed E-state index contributed by atoms with van der Waals surface area (Å²) < 4.78 is 36.2. The Kier molecular flexibility index (Phi) is 11.5. The summed E-state index contributed by atoms with van der Waals surface area (Å²) in [5.41, 5.74) is 4.31. The van der Waals surface area contributed by atoms with Gasteiger partial charge < -0.3 is 34.5 Å². The highest BCUT2D eigenvalue weighted by Gasteiger charge is 2.33. The average Bonchev–Trinajstić information content (AvgIpc) is 3.40. The van der Waals surface area contributed by atoms with E-state index in [1.165, 1.54) is 24.3 Å². The molecule has 3 aromatic carbocycles. The van der Waals surface area contributed by atoms with Crippen LogP contribution in [0.4, 0.5) is 25.4 Å². The third kappa shape index (κ3) is 9.92. The van der Waals surface area contributed by atoms with Crippen LogP contribution in [0.25, 0.3) is 0 Å². The van der Waals surface area contributed by atoms with E-state index in [0.29, 0.717) is 31.1 Å². The molecule has 2 aliphatic heterocycles. The summed E-state index contributed by atoms with van der Waals surface area (Å²) in [4.78, 5) is 26.5. The van der Waals surface area contributed by atoms with Gasteiger partial charge >= 0.3 is 12.1 Å². The number of nitrogens with zero attached hydrogens (tertiary/aromatic N) is 1. The van der Waals surface area contributed by atoms with Crippen molar-refractivity contribution >= 4 is 23.5 Å². The van der Waals surface area contributed by atoms with Gasteiger partial charge in [0.2, 0.25) is 5.79 Å². The molecule has 0 aliphatic carbocycles. The van der Waals surface area contributed by atoms with Gasteiger partial charge in [-0.15, -0.1) is 0 Å². The van der Waals surface area contributed by atoms with Gasteiger partial charge in [-0.2, -0.15) is 0 Å². The lowest BCUT2D eigenvalue weighted by Crippen LogP contribution is -2.35. The van der Waals surface area contributed by atoms with Crippen molar-refractivity contribution in [3.8, 4) is 5.75 Å². The fourth-order valence-electron chi connectivity index (χ4n) is 5.55. The number of rotatable bonds is 15. The monoisotopic (exact) mass is 633 g/mol. The Balaban J connectivity index is 0.887. The molecular formula is C36H44FN3O6. The first-order valence-corrected chi connectivity index (χ1v) is 16.2. The molecule has 0 aromatic heterocycles. The second-order valence-corrected chi connectivity index (χ2v) is 12.2. The molecule has 1 saturated heterocycles. The molecule has 1 unspecified atom stereocenters. The number of unbranched alkanes of at least 4 members (excludes halogenated alkanes) is 4. The lowest BCUT2D eigenvalue weighted by molar-refractivity contribution is -0.180. The highest BCUT2D eigenvalue weighted by atomic mass is 19.1. The SMILES string of the molecule is CC1(C)OCc2cc(C3CN(CCCCCCOCCCCc4cccc(NC(=O)Nc5ccc(F)cc5)c4)C(=O)O3)ccc2O1. The van der Waals surface area contributed by atoms with E-state index in [9.17, 15) is 14.0 Å². The van der Waals surface area contributed by atoms with E-state index in [2.05, 4.69) is 10.6 Å². The van der Waals surface area contributed by atoms with Crippen LogP contribution in [0.1, 0.15) is 75.2 Å². The number of carbonyl (C=O) groups is 2. The molecule has 2 aliphatic rings. The zero-order chi connectivity index (χ0) is 32.4. The maximum absolute atomic E-state index is 13.1. The summed E-state index contributed by atoms with van der Waals surface area (Å²) in [6.07, 6.45) is 6.34. The van der Waals surface area contributed by atoms with Crippen LogP contribution >= 0.6 is 0 Å². The van der Waals surface area contributed by atoms with E-state index in [1.807, 2.05) is 56.3 Å². The molecule has 10 heteroatoms. The van der Waals surface area contributed by atoms with Crippen molar-refractivity contribution in [1.82, 2.24) is 4.90 Å². The van der Waals surface area contributed by atoms with E-state index >= 15 is 0 Å². The molecule has 1 fully saturated rings. The van der Waals surface area contributed by atoms with Gasteiger partial charge in [0.25, 0.3) is 0 Å². The third-order valence-corrected chi connectivity index (χ3v) is 8.03. The maximum atomic E-state index is 13.1. The number of halogens is 1. The molecule has 0 bridgehead atoms. The predicted octanol–water partition coefficient (Wildman–Crippen LogP) is 8.21. The zero-order valence-electron chi connectivity index (χ0n) is 26.7. The van der Waals surface area contributed by atoms with Crippen molar-refractivity contribution < 1.29 is 32.9 Å². The number of aryl methyl sites for hydroxylation is 1. The first kappa shape index (κ1) is 33.2. The largest absolute Gasteiger partial charge is 0.463 e. The number of hydrogen-bond donors (Lipinski definition) is 2. The van der Waals surface area contributed by atoms with Crippen molar-refractivity contribution in [2.75, 3.05) is 36.9 Å². The summed E-state index contributed by atoms with van der Waals surface area (Å²) >= 11 is 0. The van der Waals surface area contributed by atoms with Gasteiger partial charge in [0.15, 0.2) is 0 Å². The Morgan fingerprint density at radius 2 is 1.70 bits per heavy atom. The molecular weight excluding hydrogens is 589 g/mol. The third-order valence-electron chi connectivity index (χ3n) is 8.03. The van der Waals surface area contributed by atoms with Crippen LogP contribution in [0.5, 0.6) is 5.75 Å². The predicted molar refractivity (Wildman–Crippen MR) is 174 cm³/mol. The van der Waals surface area contributed by atoms with Gasteiger partial charge in [-0.3, -0.25) is 0 Å². The van der Waals surface area contributed by atoms with E-state index in [4.69, 9.17) is 18.9 Å². The van der Waals surface area contributed by atoms with E-state index < -0.39 is 5.79 Å². The summed E-state index contributed by atoms with van der Waals surface area (Å²) in [5, 5.41) is 5.52. The topological polar surface area (TPSA) is 98.4 Å². The van der Waals surface area contributed by atoms with Crippen molar-refractivity contribution in [2.45, 2.75) is 77.3 Å². The van der Waals surface area contributed by atoms with Gasteiger partial charge in [0, 0.05) is 50.5 Å². The van der Waals surface area contributed by atoms with Crippen molar-refractivity contribution in [2.24, 2.45) is 0 Å². The standard InChI is InChI=1S/C36H44FN3O6/c1-36(2)44-25-28-23-27(13-18-32(28)46-36)33-24-40(35(42)45-33)19-6-3-4-7-20-43-21-8-5-10-26-11-9-12-31(22-26)39-34(41)38-30-16-14-29(37)15-17-30/h9,11-18,22-23,33H,3-8,10,19-21,24-25H2,1-2H3,(H2,38,39,41). The maximum Gasteiger partial charge on any atom is 0.410 e. The highest BCUT2D eigenvalue weighted by molar-refractivity contribution is 5.99. The normalized spacial score (nSPS) is 16.8. The summed E-state index contributed by atoms with van der Waals surface area (Å²) in [6, 6.07) is 19.0. The Morgan fingerprint density at radius 1 is 0.935 bits per heavy atom. The Hall–Kier alpha value is -4.15. The van der Waals surface area contributed by atoms with Gasteiger partial charge in [-0.05, 0) is 91.8 Å². The van der Waals surface area contributed by atoms with Crippen molar-refractivity contribution in [3.63, 3.8) is 0 Å². The number of cyclic esters (lactones) is 1. The number of hydrogen-bond acceptors (Lipinski definition) is 6. The number of benzene rings is 3. The first-order valence-electron chi connectivity index (χ1n) is 16.2. The number of amides is 3. The summed E-state index contributed by atoms with van der Waals surface area (Å²) in [6.45, 7) is 6.96. The molecule has 246 valence electrons. The van der Waals surface area contributed by atoms with Crippen molar-refractivity contribution in [1.29, 1.82) is 0 Å². The fraction of sp³-hybridized carbons (Fsp3) is 0.444. The Bertz CT molecular complexity index is 1460. The Labute approximate surface area is 270 Å². The molecule has 2 heterocycles. The van der Waals surface area contributed by atoms with Crippen LogP contribution in [0.3, 0.4) is 0 Å². The minimum Gasteiger partial charge on any atom is -0.463 e. The number of carbonyl (C=O) groups excluding carboxylic acids is 2. The summed E-state index contributed by atoms with van der Waals surface area (Å²) in [5.74, 6) is -0.171. The first-order chi connectivity index (χ1) is 22.2. The second-order valence-electron chi connectivity index (χ2n) is 12.2. The molecule has 46 heavy (non-hydrogen) atoms. The van der Waals surface area contributed by atoms with Crippen LogP contribution in [0.15, 0.2) is 66.7 Å². The average molecular weight is 634 g/mol. The van der Waals surface area contributed by atoms with E-state index in [0.717, 1.165) is 80.6 Å². The van der Waals surface area contributed by atoms with Gasteiger partial charge in [-0.1, -0.05) is 31.0 Å². The lowest BCUT2D eigenvalue weighted by Gasteiger charge is -2.32. The molecule has 0 radical (unpaired) electrons. The minimum atomic E-state index is -0.636. The molecule has 1 atom stereocenters. The Morgan fingerprint density at radius 3 is 2.52 bits per heavy atom. The number of fused-ring (bicyclic) bond motifs is 1. The van der Waals surface area contributed by atoms with E-state index in [1.54, 1.807) is 4.90 Å². The summed E-state index contributed by atoms with van der Waals surface area (Å²) in [7, 11) is 0. The molecule has 0 saturated carbocycles. The number of anilines is 2. The van der Waals surface area contributed by atoms with Crippen LogP contribution < -0.4 is 15.4 Å². The smallest absolute Gasteiger partial charge is 0.410 e.